The molecule has 2 aromatic rings. The lowest BCUT2D eigenvalue weighted by atomic mass is 10.3. The summed E-state index contributed by atoms with van der Waals surface area (Å²) < 4.78 is 14.0. The minimum absolute atomic E-state index is 0.285. The van der Waals surface area contributed by atoms with Crippen LogP contribution in [0.4, 0.5) is 4.39 Å². The van der Waals surface area contributed by atoms with Crippen LogP contribution in [0.15, 0.2) is 18.5 Å². The number of benzene rings is 1. The normalized spacial score (nSPS) is 13.0. The summed E-state index contributed by atoms with van der Waals surface area (Å²) in [6, 6.07) is 3.09. The fourth-order valence-electron chi connectivity index (χ4n) is 1.38. The first-order chi connectivity index (χ1) is 7.61. The van der Waals surface area contributed by atoms with Crippen molar-refractivity contribution >= 4 is 34.2 Å². The van der Waals surface area contributed by atoms with Crippen LogP contribution in [0.1, 0.15) is 6.92 Å². The van der Waals surface area contributed by atoms with Crippen molar-refractivity contribution < 1.29 is 4.39 Å². The molecule has 2 rings (SSSR count). The average molecular weight is 262 g/mol. The van der Waals surface area contributed by atoms with E-state index in [0.29, 0.717) is 15.6 Å². The molecular formula is C10H10Cl2FN3. The molecule has 0 aliphatic rings. The van der Waals surface area contributed by atoms with Crippen LogP contribution in [0.5, 0.6) is 0 Å². The Morgan fingerprint density at radius 1 is 1.44 bits per heavy atom. The van der Waals surface area contributed by atoms with E-state index in [1.165, 1.54) is 0 Å². The van der Waals surface area contributed by atoms with Crippen molar-refractivity contribution in [2.45, 2.75) is 13.0 Å². The van der Waals surface area contributed by atoms with E-state index in [2.05, 4.69) is 10.4 Å². The van der Waals surface area contributed by atoms with Crippen molar-refractivity contribution in [1.82, 2.24) is 9.66 Å². The van der Waals surface area contributed by atoms with Crippen LogP contribution < -0.4 is 5.43 Å². The maximum absolute atomic E-state index is 12.4. The third-order valence-corrected chi connectivity index (χ3v) is 2.90. The van der Waals surface area contributed by atoms with Gasteiger partial charge in [-0.25, -0.2) is 14.1 Å². The molecule has 0 saturated heterocycles. The molecule has 0 aliphatic carbocycles. The Morgan fingerprint density at radius 3 is 2.81 bits per heavy atom. The zero-order chi connectivity index (χ0) is 11.7. The highest BCUT2D eigenvalue weighted by atomic mass is 35.5. The third-order valence-electron chi connectivity index (χ3n) is 2.18. The van der Waals surface area contributed by atoms with Gasteiger partial charge in [-0.15, -0.1) is 0 Å². The fourth-order valence-corrected chi connectivity index (χ4v) is 1.69. The second kappa shape index (κ2) is 4.47. The first kappa shape index (κ1) is 11.5. The molecule has 1 unspecified atom stereocenters. The van der Waals surface area contributed by atoms with Crippen molar-refractivity contribution in [3.8, 4) is 0 Å². The highest BCUT2D eigenvalue weighted by Crippen LogP contribution is 2.26. The molecular weight excluding hydrogens is 252 g/mol. The van der Waals surface area contributed by atoms with E-state index in [9.17, 15) is 4.39 Å². The molecule has 1 aromatic heterocycles. The summed E-state index contributed by atoms with van der Waals surface area (Å²) in [5, 5.41) is 0.906. The van der Waals surface area contributed by atoms with E-state index in [4.69, 9.17) is 23.2 Å². The molecule has 86 valence electrons. The van der Waals surface area contributed by atoms with Gasteiger partial charge in [0.2, 0.25) is 0 Å². The zero-order valence-electron chi connectivity index (χ0n) is 8.54. The smallest absolute Gasteiger partial charge is 0.115 e. The Morgan fingerprint density at radius 2 is 2.12 bits per heavy atom. The van der Waals surface area contributed by atoms with Crippen LogP contribution in [-0.4, -0.2) is 22.4 Å². The maximum Gasteiger partial charge on any atom is 0.115 e. The van der Waals surface area contributed by atoms with Gasteiger partial charge in [0, 0.05) is 0 Å². The third kappa shape index (κ3) is 2.08. The number of hydrogen-bond donors (Lipinski definition) is 1. The summed E-state index contributed by atoms with van der Waals surface area (Å²) in [7, 11) is 0. The molecule has 0 fully saturated rings. The number of hydrogen-bond acceptors (Lipinski definition) is 2. The summed E-state index contributed by atoms with van der Waals surface area (Å²) in [5.74, 6) is 0. The van der Waals surface area contributed by atoms with Gasteiger partial charge in [0.05, 0.1) is 27.1 Å². The average Bonchev–Trinajstić information content (AvgIpc) is 2.62. The van der Waals surface area contributed by atoms with Crippen LogP contribution in [0.2, 0.25) is 10.0 Å². The van der Waals surface area contributed by atoms with Crippen LogP contribution in [-0.2, 0) is 0 Å². The van der Waals surface area contributed by atoms with Crippen molar-refractivity contribution in [2.75, 3.05) is 12.1 Å². The Labute approximate surface area is 102 Å². The molecule has 1 aromatic carbocycles. The van der Waals surface area contributed by atoms with Crippen LogP contribution in [0.25, 0.3) is 11.0 Å². The van der Waals surface area contributed by atoms with E-state index in [0.717, 1.165) is 5.52 Å². The van der Waals surface area contributed by atoms with E-state index < -0.39 is 6.67 Å². The molecule has 16 heavy (non-hydrogen) atoms. The molecule has 0 amide bonds. The van der Waals surface area contributed by atoms with Crippen molar-refractivity contribution in [3.63, 3.8) is 0 Å². The number of nitrogens with one attached hydrogen (secondary N) is 1. The number of alkyl halides is 1. The number of fused-ring (bicyclic) bond motifs is 1. The number of aromatic nitrogens is 2. The van der Waals surface area contributed by atoms with E-state index >= 15 is 0 Å². The standard InChI is InChI=1S/C10H10Cl2FN3/c1-6(4-13)15-16-5-14-9-2-7(11)8(12)3-10(9)16/h2-3,5-6,15H,4H2,1H3. The summed E-state index contributed by atoms with van der Waals surface area (Å²) in [6.07, 6.45) is 1.57. The Bertz CT molecular complexity index is 512. The fraction of sp³-hybridized carbons (Fsp3) is 0.300. The lowest BCUT2D eigenvalue weighted by Crippen LogP contribution is -2.25. The number of rotatable bonds is 3. The quantitative estimate of drug-likeness (QED) is 0.920. The van der Waals surface area contributed by atoms with Crippen LogP contribution >= 0.6 is 23.2 Å². The second-order valence-corrected chi connectivity index (χ2v) is 4.37. The summed E-state index contributed by atoms with van der Waals surface area (Å²) >= 11 is 11.8. The number of imidazole rings is 1. The van der Waals surface area contributed by atoms with Gasteiger partial charge in [-0.3, -0.25) is 0 Å². The van der Waals surface area contributed by atoms with E-state index in [-0.39, 0.29) is 6.04 Å². The SMILES string of the molecule is CC(CF)Nn1cnc2cc(Cl)c(Cl)cc21. The molecule has 0 aliphatic heterocycles. The minimum Gasteiger partial charge on any atom is -0.319 e. The first-order valence-electron chi connectivity index (χ1n) is 4.76. The predicted octanol–water partition coefficient (Wildman–Crippen LogP) is 3.24. The van der Waals surface area contributed by atoms with Gasteiger partial charge >= 0.3 is 0 Å². The largest absolute Gasteiger partial charge is 0.319 e. The van der Waals surface area contributed by atoms with Gasteiger partial charge in [0.1, 0.15) is 13.0 Å². The number of halogens is 3. The van der Waals surface area contributed by atoms with Crippen LogP contribution in [0.3, 0.4) is 0 Å². The minimum atomic E-state index is -0.457. The second-order valence-electron chi connectivity index (χ2n) is 3.55. The highest BCUT2D eigenvalue weighted by molar-refractivity contribution is 6.42. The topological polar surface area (TPSA) is 29.9 Å². The lowest BCUT2D eigenvalue weighted by molar-refractivity contribution is 0.444. The molecule has 0 bridgehead atoms. The van der Waals surface area contributed by atoms with Gasteiger partial charge in [-0.05, 0) is 19.1 Å². The Kier molecular flexibility index (Phi) is 3.21. The molecule has 6 heteroatoms. The van der Waals surface area contributed by atoms with Gasteiger partial charge in [0.25, 0.3) is 0 Å². The van der Waals surface area contributed by atoms with E-state index in [1.54, 1.807) is 30.1 Å². The highest BCUT2D eigenvalue weighted by Gasteiger charge is 2.08. The monoisotopic (exact) mass is 261 g/mol. The summed E-state index contributed by atoms with van der Waals surface area (Å²) in [4.78, 5) is 4.14. The van der Waals surface area contributed by atoms with E-state index in [1.807, 2.05) is 0 Å². The van der Waals surface area contributed by atoms with Gasteiger partial charge in [-0.1, -0.05) is 23.2 Å². The molecule has 0 spiro atoms. The molecule has 3 nitrogen and oxygen atoms in total. The molecule has 0 radical (unpaired) electrons. The Hall–Kier alpha value is -1.000. The summed E-state index contributed by atoms with van der Waals surface area (Å²) in [6.45, 7) is 1.28. The molecule has 1 heterocycles. The first-order valence-corrected chi connectivity index (χ1v) is 5.52. The maximum atomic E-state index is 12.4. The van der Waals surface area contributed by atoms with Crippen molar-refractivity contribution in [3.05, 3.63) is 28.5 Å². The van der Waals surface area contributed by atoms with Gasteiger partial charge < -0.3 is 5.43 Å². The molecule has 1 N–H and O–H groups in total. The van der Waals surface area contributed by atoms with Crippen LogP contribution in [0, 0.1) is 0 Å². The van der Waals surface area contributed by atoms with Gasteiger partial charge in [0.15, 0.2) is 0 Å². The zero-order valence-corrected chi connectivity index (χ0v) is 10.1. The summed E-state index contributed by atoms with van der Waals surface area (Å²) in [5.41, 5.74) is 4.43. The van der Waals surface area contributed by atoms with Crippen molar-refractivity contribution in [1.29, 1.82) is 0 Å². The van der Waals surface area contributed by atoms with Crippen molar-refractivity contribution in [2.24, 2.45) is 0 Å². The lowest BCUT2D eigenvalue weighted by Gasteiger charge is -2.12. The molecule has 0 saturated carbocycles. The Balaban J connectivity index is 2.44. The predicted molar refractivity (Wildman–Crippen MR) is 64.6 cm³/mol. The number of nitrogens with zero attached hydrogens (tertiary/aromatic N) is 2. The molecule has 1 atom stereocenters. The van der Waals surface area contributed by atoms with Gasteiger partial charge in [-0.2, -0.15) is 0 Å².